The molecule has 0 spiro atoms. The Labute approximate surface area is 163 Å². The van der Waals surface area contributed by atoms with Gasteiger partial charge in [0.15, 0.2) is 7.80 Å². The van der Waals surface area contributed by atoms with Gasteiger partial charge in [-0.05, 0) is 44.0 Å². The molecule has 0 aliphatic rings. The van der Waals surface area contributed by atoms with Crippen LogP contribution < -0.4 is 5.30 Å². The first kappa shape index (κ1) is 17.9. The fraction of sp³-hybridized carbons (Fsp3) is 0.188. The van der Waals surface area contributed by atoms with Crippen LogP contribution in [0.1, 0.15) is 27.0 Å². The van der Waals surface area contributed by atoms with Crippen molar-refractivity contribution in [1.82, 2.24) is 0 Å². The standard InChI is InChI=1S/C16H16O2P.K.H/c1-11-9-12(2)15(13(3)10-11)16(17)19(18)14-7-5-4-6-8-14;;/h4-10H,1-3H3;;. The van der Waals surface area contributed by atoms with E-state index in [1.165, 1.54) is 0 Å². The van der Waals surface area contributed by atoms with Gasteiger partial charge in [-0.15, -0.1) is 0 Å². The first-order valence-corrected chi connectivity index (χ1v) is 7.41. The average molecular weight is 311 g/mol. The molecule has 0 N–H and O–H groups in total. The first-order valence-electron chi connectivity index (χ1n) is 6.15. The summed E-state index contributed by atoms with van der Waals surface area (Å²) in [5.41, 5.74) is 3.21. The molecule has 1 unspecified atom stereocenters. The summed E-state index contributed by atoms with van der Waals surface area (Å²) in [5.74, 6) is 0. The van der Waals surface area contributed by atoms with Crippen LogP contribution in [-0.2, 0) is 4.57 Å². The maximum absolute atomic E-state index is 12.4. The fourth-order valence-electron chi connectivity index (χ4n) is 2.30. The van der Waals surface area contributed by atoms with Crippen molar-refractivity contribution in [3.05, 3.63) is 64.7 Å². The zero-order valence-electron chi connectivity index (χ0n) is 11.3. The van der Waals surface area contributed by atoms with Crippen molar-refractivity contribution < 1.29 is 9.36 Å². The number of rotatable bonds is 3. The second-order valence-electron chi connectivity index (χ2n) is 4.71. The zero-order valence-corrected chi connectivity index (χ0v) is 12.2. The SMILES string of the molecule is Cc1cc(C)c(C(=O)[P](=O)c2ccccc2)c(C)c1.[KH]. The van der Waals surface area contributed by atoms with Gasteiger partial charge < -0.3 is 0 Å². The van der Waals surface area contributed by atoms with E-state index in [-0.39, 0.29) is 56.9 Å². The Kier molecular flexibility index (Phi) is 6.93. The van der Waals surface area contributed by atoms with Gasteiger partial charge >= 0.3 is 51.4 Å². The van der Waals surface area contributed by atoms with E-state index in [2.05, 4.69) is 0 Å². The Morgan fingerprint density at radius 1 is 0.950 bits per heavy atom. The summed E-state index contributed by atoms with van der Waals surface area (Å²) >= 11 is 0. The van der Waals surface area contributed by atoms with Crippen molar-refractivity contribution in [2.75, 3.05) is 0 Å². The third kappa shape index (κ3) is 3.94. The Morgan fingerprint density at radius 3 is 1.95 bits per heavy atom. The number of carbonyl (C=O) groups is 1. The third-order valence-corrected chi connectivity index (χ3v) is 4.43. The molecule has 2 rings (SSSR count). The van der Waals surface area contributed by atoms with Crippen LogP contribution in [0.5, 0.6) is 0 Å². The molecule has 0 aliphatic carbocycles. The van der Waals surface area contributed by atoms with Crippen LogP contribution in [0.15, 0.2) is 42.5 Å². The second-order valence-corrected chi connectivity index (χ2v) is 6.22. The van der Waals surface area contributed by atoms with Crippen molar-refractivity contribution in [3.63, 3.8) is 0 Å². The van der Waals surface area contributed by atoms with E-state index in [4.69, 9.17) is 0 Å². The molecular formula is C16H17KO2P. The van der Waals surface area contributed by atoms with E-state index in [1.807, 2.05) is 39.0 Å². The predicted molar refractivity (Wildman–Crippen MR) is 85.8 cm³/mol. The molecule has 0 amide bonds. The fourth-order valence-corrected chi connectivity index (χ4v) is 3.53. The summed E-state index contributed by atoms with van der Waals surface area (Å²) in [6.45, 7) is 5.77. The molecule has 1 atom stereocenters. The van der Waals surface area contributed by atoms with Gasteiger partial charge in [0.1, 0.15) is 0 Å². The predicted octanol–water partition coefficient (Wildman–Crippen LogP) is 3.26. The number of hydrogen-bond acceptors (Lipinski definition) is 2. The maximum atomic E-state index is 12.4. The average Bonchev–Trinajstić information content (AvgIpc) is 2.37. The molecule has 2 nitrogen and oxygen atoms in total. The van der Waals surface area contributed by atoms with Crippen LogP contribution in [0, 0.1) is 20.8 Å². The molecule has 1 radical (unpaired) electrons. The van der Waals surface area contributed by atoms with Gasteiger partial charge in [0.2, 0.25) is 5.52 Å². The summed E-state index contributed by atoms with van der Waals surface area (Å²) < 4.78 is 12.3. The number of hydrogen-bond donors (Lipinski definition) is 0. The van der Waals surface area contributed by atoms with E-state index in [0.29, 0.717) is 10.9 Å². The first-order chi connectivity index (χ1) is 9.00. The number of benzene rings is 2. The van der Waals surface area contributed by atoms with Gasteiger partial charge in [0, 0.05) is 10.9 Å². The van der Waals surface area contributed by atoms with E-state index < -0.39 is 7.80 Å². The van der Waals surface area contributed by atoms with Crippen LogP contribution in [0.25, 0.3) is 0 Å². The van der Waals surface area contributed by atoms with Gasteiger partial charge in [-0.3, -0.25) is 9.36 Å². The Bertz CT molecular complexity index is 628. The Morgan fingerprint density at radius 2 is 1.45 bits per heavy atom. The molecule has 0 saturated carbocycles. The van der Waals surface area contributed by atoms with Crippen LogP contribution in [0.2, 0.25) is 0 Å². The molecule has 0 heterocycles. The molecule has 2 aromatic rings. The Hall–Kier alpha value is -0.154. The Balaban J connectivity index is 0.00000200. The monoisotopic (exact) mass is 311 g/mol. The molecule has 0 bridgehead atoms. The van der Waals surface area contributed by atoms with Gasteiger partial charge in [-0.1, -0.05) is 35.9 Å². The zero-order chi connectivity index (χ0) is 14.0. The second kappa shape index (κ2) is 7.74. The van der Waals surface area contributed by atoms with Crippen LogP contribution in [-0.4, -0.2) is 56.9 Å². The van der Waals surface area contributed by atoms with Crippen molar-refractivity contribution in [2.45, 2.75) is 20.8 Å². The van der Waals surface area contributed by atoms with E-state index in [1.54, 1.807) is 24.3 Å². The topological polar surface area (TPSA) is 34.1 Å². The van der Waals surface area contributed by atoms with Gasteiger partial charge in [-0.25, -0.2) is 0 Å². The number of carbonyl (C=O) groups excluding carboxylic acids is 1. The normalized spacial score (nSPS) is 10.7. The molecule has 2 aromatic carbocycles. The molecule has 4 heteroatoms. The molecule has 0 aromatic heterocycles. The van der Waals surface area contributed by atoms with Crippen LogP contribution >= 0.6 is 7.80 Å². The van der Waals surface area contributed by atoms with Crippen molar-refractivity contribution in [2.24, 2.45) is 0 Å². The quantitative estimate of drug-likeness (QED) is 0.644. The summed E-state index contributed by atoms with van der Waals surface area (Å²) in [5, 5.41) is 0.585. The van der Waals surface area contributed by atoms with E-state index in [0.717, 1.165) is 16.7 Å². The van der Waals surface area contributed by atoms with Gasteiger partial charge in [0.05, 0.1) is 0 Å². The summed E-state index contributed by atoms with van der Waals surface area (Å²) in [7, 11) is -2.04. The van der Waals surface area contributed by atoms with Crippen molar-refractivity contribution >= 4 is 70.0 Å². The molecule has 0 fully saturated rings. The van der Waals surface area contributed by atoms with Crippen molar-refractivity contribution in [3.8, 4) is 0 Å². The van der Waals surface area contributed by atoms with Gasteiger partial charge in [-0.2, -0.15) is 0 Å². The molecule has 99 valence electrons. The number of aryl methyl sites for hydroxylation is 3. The van der Waals surface area contributed by atoms with Crippen LogP contribution in [0.4, 0.5) is 0 Å². The molecule has 0 aliphatic heterocycles. The third-order valence-electron chi connectivity index (χ3n) is 3.07. The van der Waals surface area contributed by atoms with E-state index >= 15 is 0 Å². The summed E-state index contributed by atoms with van der Waals surface area (Å²) in [4.78, 5) is 12.4. The van der Waals surface area contributed by atoms with Crippen LogP contribution in [0.3, 0.4) is 0 Å². The summed E-state index contributed by atoms with van der Waals surface area (Å²) in [6, 6.07) is 12.8. The van der Waals surface area contributed by atoms with E-state index in [9.17, 15) is 9.36 Å². The molecule has 0 saturated heterocycles. The summed E-state index contributed by atoms with van der Waals surface area (Å²) in [6.07, 6.45) is 0. The minimum atomic E-state index is -2.04. The molecular weight excluding hydrogens is 294 g/mol. The van der Waals surface area contributed by atoms with Gasteiger partial charge in [0.25, 0.3) is 0 Å². The molecule has 20 heavy (non-hydrogen) atoms. The minimum absolute atomic E-state index is 0. The van der Waals surface area contributed by atoms with Crippen molar-refractivity contribution in [1.29, 1.82) is 0 Å².